The molecular weight excluding hydrogens is 480 g/mol. The molecule has 1 N–H and O–H groups in total. The van der Waals surface area contributed by atoms with Crippen molar-refractivity contribution >= 4 is 23.4 Å². The van der Waals surface area contributed by atoms with Gasteiger partial charge in [-0.2, -0.15) is 0 Å². The van der Waals surface area contributed by atoms with Crippen molar-refractivity contribution in [3.05, 3.63) is 66.2 Å². The van der Waals surface area contributed by atoms with Crippen molar-refractivity contribution in [3.8, 4) is 17.0 Å². The Labute approximate surface area is 224 Å². The second-order valence-electron chi connectivity index (χ2n) is 9.56. The number of benzene rings is 2. The monoisotopic (exact) mass is 516 g/mol. The Morgan fingerprint density at radius 3 is 2.39 bits per heavy atom. The summed E-state index contributed by atoms with van der Waals surface area (Å²) in [7, 11) is 1.64. The van der Waals surface area contributed by atoms with Gasteiger partial charge in [0.1, 0.15) is 12.3 Å². The minimum absolute atomic E-state index is 0.0434. The van der Waals surface area contributed by atoms with Crippen LogP contribution in [0, 0.1) is 6.92 Å². The Kier molecular flexibility index (Phi) is 8.78. The van der Waals surface area contributed by atoms with Crippen molar-refractivity contribution in [2.75, 3.05) is 50.1 Å². The molecule has 1 fully saturated rings. The number of anilines is 2. The lowest BCUT2D eigenvalue weighted by atomic mass is 10.1. The van der Waals surface area contributed by atoms with Crippen molar-refractivity contribution < 1.29 is 14.3 Å². The van der Waals surface area contributed by atoms with Gasteiger partial charge in [-0.25, -0.2) is 4.79 Å². The number of aromatic nitrogens is 2. The maximum absolute atomic E-state index is 13.2. The van der Waals surface area contributed by atoms with Crippen LogP contribution in [0.2, 0.25) is 0 Å². The first-order valence-corrected chi connectivity index (χ1v) is 13.0. The van der Waals surface area contributed by atoms with E-state index in [0.717, 1.165) is 34.8 Å². The van der Waals surface area contributed by atoms with Crippen LogP contribution in [-0.2, 0) is 4.79 Å². The van der Waals surface area contributed by atoms with Crippen LogP contribution < -0.4 is 15.0 Å². The molecule has 4 rings (SSSR count). The molecule has 200 valence electrons. The lowest BCUT2D eigenvalue weighted by Crippen LogP contribution is -2.53. The summed E-state index contributed by atoms with van der Waals surface area (Å²) < 4.78 is 5.30. The van der Waals surface area contributed by atoms with Crippen LogP contribution in [0.15, 0.2) is 60.7 Å². The van der Waals surface area contributed by atoms with E-state index in [2.05, 4.69) is 20.4 Å². The summed E-state index contributed by atoms with van der Waals surface area (Å²) in [5, 5.41) is 11.8. The van der Waals surface area contributed by atoms with Crippen LogP contribution in [-0.4, -0.2) is 77.8 Å². The first-order chi connectivity index (χ1) is 18.4. The molecule has 1 saturated heterocycles. The molecule has 3 amide bonds. The zero-order valence-corrected chi connectivity index (χ0v) is 22.6. The number of ether oxygens (including phenoxy) is 1. The van der Waals surface area contributed by atoms with E-state index in [1.54, 1.807) is 12.0 Å². The molecule has 2 aromatic carbocycles. The lowest BCUT2D eigenvalue weighted by Gasteiger charge is -2.37. The molecule has 0 bridgehead atoms. The minimum Gasteiger partial charge on any atom is -0.497 e. The Hall–Kier alpha value is -4.14. The second-order valence-corrected chi connectivity index (χ2v) is 9.56. The highest BCUT2D eigenvalue weighted by atomic mass is 16.5. The SMILES string of the molecule is CC[C@@H](C)N(CC(=O)N1CCN(c2ccc(-c3cccc(OC)c3)nn2)CC1)C(=O)Nc1ccc(C)cc1. The lowest BCUT2D eigenvalue weighted by molar-refractivity contribution is -0.132. The van der Waals surface area contributed by atoms with Gasteiger partial charge in [0.25, 0.3) is 0 Å². The maximum atomic E-state index is 13.2. The van der Waals surface area contributed by atoms with Gasteiger partial charge in [-0.1, -0.05) is 36.8 Å². The number of nitrogens with one attached hydrogen (secondary N) is 1. The predicted molar refractivity (Wildman–Crippen MR) is 149 cm³/mol. The Morgan fingerprint density at radius 1 is 1.03 bits per heavy atom. The first-order valence-electron chi connectivity index (χ1n) is 13.0. The molecule has 1 aromatic heterocycles. The fourth-order valence-electron chi connectivity index (χ4n) is 4.34. The molecule has 1 atom stereocenters. The Balaban J connectivity index is 1.33. The molecule has 3 aromatic rings. The van der Waals surface area contributed by atoms with Crippen LogP contribution in [0.3, 0.4) is 0 Å². The number of nitrogens with zero attached hydrogens (tertiary/aromatic N) is 5. The number of piperazine rings is 1. The third kappa shape index (κ3) is 6.59. The predicted octanol–water partition coefficient (Wildman–Crippen LogP) is 4.44. The van der Waals surface area contributed by atoms with Gasteiger partial charge in [-0.15, -0.1) is 10.2 Å². The smallest absolute Gasteiger partial charge is 0.322 e. The fraction of sp³-hybridized carbons (Fsp3) is 0.379. The van der Waals surface area contributed by atoms with E-state index in [-0.39, 0.29) is 24.5 Å². The number of urea groups is 1. The third-order valence-corrected chi connectivity index (χ3v) is 6.96. The summed E-state index contributed by atoms with van der Waals surface area (Å²) in [6, 6.07) is 18.9. The van der Waals surface area contributed by atoms with Crippen molar-refractivity contribution in [3.63, 3.8) is 0 Å². The van der Waals surface area contributed by atoms with E-state index < -0.39 is 0 Å². The molecule has 1 aliphatic rings. The number of carbonyl (C=O) groups excluding carboxylic acids is 2. The van der Waals surface area contributed by atoms with E-state index in [1.807, 2.05) is 86.3 Å². The number of hydrogen-bond donors (Lipinski definition) is 1. The summed E-state index contributed by atoms with van der Waals surface area (Å²) in [5.74, 6) is 1.50. The quantitative estimate of drug-likeness (QED) is 0.476. The zero-order valence-electron chi connectivity index (χ0n) is 22.6. The zero-order chi connectivity index (χ0) is 27.1. The third-order valence-electron chi connectivity index (χ3n) is 6.96. The van der Waals surface area contributed by atoms with E-state index >= 15 is 0 Å². The van der Waals surface area contributed by atoms with Gasteiger partial charge in [-0.3, -0.25) is 4.79 Å². The van der Waals surface area contributed by atoms with Crippen molar-refractivity contribution in [1.29, 1.82) is 0 Å². The Bertz CT molecular complexity index is 1220. The number of hydrogen-bond acceptors (Lipinski definition) is 6. The molecular formula is C29H36N6O3. The molecule has 0 radical (unpaired) electrons. The summed E-state index contributed by atoms with van der Waals surface area (Å²) >= 11 is 0. The number of methoxy groups -OCH3 is 1. The summed E-state index contributed by atoms with van der Waals surface area (Å²) in [4.78, 5) is 31.8. The molecule has 2 heterocycles. The topological polar surface area (TPSA) is 90.9 Å². The van der Waals surface area contributed by atoms with Gasteiger partial charge in [0.05, 0.1) is 12.8 Å². The number of amides is 3. The second kappa shape index (κ2) is 12.4. The molecule has 38 heavy (non-hydrogen) atoms. The standard InChI is InChI=1S/C29H36N6O3/c1-5-22(3)35(29(37)30-24-11-9-21(2)10-12-24)20-28(36)34-17-15-33(16-18-34)27-14-13-26(31-32-27)23-7-6-8-25(19-23)38-4/h6-14,19,22H,5,15-18,20H2,1-4H3,(H,30,37)/t22-/m1/s1. The van der Waals surface area contributed by atoms with Gasteiger partial charge >= 0.3 is 6.03 Å². The van der Waals surface area contributed by atoms with Gasteiger partial charge in [0.15, 0.2) is 5.82 Å². The highest BCUT2D eigenvalue weighted by Gasteiger charge is 2.27. The largest absolute Gasteiger partial charge is 0.497 e. The van der Waals surface area contributed by atoms with Gasteiger partial charge < -0.3 is 24.8 Å². The maximum Gasteiger partial charge on any atom is 0.322 e. The fourth-order valence-corrected chi connectivity index (χ4v) is 4.34. The van der Waals surface area contributed by atoms with Crippen molar-refractivity contribution in [2.24, 2.45) is 0 Å². The first kappa shape index (κ1) is 26.9. The summed E-state index contributed by atoms with van der Waals surface area (Å²) in [6.07, 6.45) is 0.757. The average Bonchev–Trinajstić information content (AvgIpc) is 2.96. The van der Waals surface area contributed by atoms with Gasteiger partial charge in [-0.05, 0) is 56.7 Å². The van der Waals surface area contributed by atoms with Crippen molar-refractivity contribution in [2.45, 2.75) is 33.2 Å². The molecule has 0 spiro atoms. The van der Waals surface area contributed by atoms with E-state index in [4.69, 9.17) is 4.74 Å². The minimum atomic E-state index is -0.262. The van der Waals surface area contributed by atoms with Crippen LogP contribution in [0.1, 0.15) is 25.8 Å². The van der Waals surface area contributed by atoms with Crippen LogP contribution in [0.5, 0.6) is 5.75 Å². The molecule has 1 aliphatic heterocycles. The van der Waals surface area contributed by atoms with Crippen LogP contribution >= 0.6 is 0 Å². The van der Waals surface area contributed by atoms with Crippen LogP contribution in [0.4, 0.5) is 16.3 Å². The molecule has 0 saturated carbocycles. The van der Waals surface area contributed by atoms with Crippen molar-refractivity contribution in [1.82, 2.24) is 20.0 Å². The number of carbonyl (C=O) groups is 2. The molecule has 9 nitrogen and oxygen atoms in total. The van der Waals surface area contributed by atoms with E-state index in [9.17, 15) is 9.59 Å². The highest BCUT2D eigenvalue weighted by Crippen LogP contribution is 2.23. The Morgan fingerprint density at radius 2 is 1.76 bits per heavy atom. The van der Waals surface area contributed by atoms with E-state index in [0.29, 0.717) is 31.9 Å². The molecule has 0 unspecified atom stereocenters. The number of aryl methyl sites for hydroxylation is 1. The summed E-state index contributed by atoms with van der Waals surface area (Å²) in [5.41, 5.74) is 3.55. The number of rotatable bonds is 8. The van der Waals surface area contributed by atoms with Gasteiger partial charge in [0.2, 0.25) is 5.91 Å². The highest BCUT2D eigenvalue weighted by molar-refractivity contribution is 5.92. The molecule has 0 aliphatic carbocycles. The summed E-state index contributed by atoms with van der Waals surface area (Å²) in [6.45, 7) is 8.45. The average molecular weight is 517 g/mol. The van der Waals surface area contributed by atoms with E-state index in [1.165, 1.54) is 0 Å². The van der Waals surface area contributed by atoms with Gasteiger partial charge in [0, 0.05) is 43.5 Å². The normalized spacial score (nSPS) is 14.1. The molecule has 9 heteroatoms. The van der Waals surface area contributed by atoms with Crippen LogP contribution in [0.25, 0.3) is 11.3 Å².